The zero-order chi connectivity index (χ0) is 29.4. The van der Waals surface area contributed by atoms with E-state index in [0.717, 1.165) is 34.7 Å². The lowest BCUT2D eigenvalue weighted by Gasteiger charge is -2.34. The molecule has 0 aliphatic carbocycles. The maximum Gasteiger partial charge on any atom is 0.410 e. The van der Waals surface area contributed by atoms with Gasteiger partial charge >= 0.3 is 6.09 Å². The third kappa shape index (κ3) is 6.28. The molecule has 2 heterocycles. The van der Waals surface area contributed by atoms with Gasteiger partial charge in [-0.15, -0.1) is 0 Å². The average Bonchev–Trinajstić information content (AvgIpc) is 3.34. The molecule has 5 rings (SSSR count). The van der Waals surface area contributed by atoms with E-state index in [2.05, 4.69) is 6.07 Å². The van der Waals surface area contributed by atoms with Gasteiger partial charge in [0.05, 0.1) is 35.7 Å². The summed E-state index contributed by atoms with van der Waals surface area (Å²) in [6.07, 6.45) is 2.08. The highest BCUT2D eigenvalue weighted by Crippen LogP contribution is 2.44. The fourth-order valence-corrected chi connectivity index (χ4v) is 7.01. The molecule has 0 saturated carbocycles. The molecule has 0 aromatic heterocycles. The molecule has 2 atom stereocenters. The zero-order valence-corrected chi connectivity index (χ0v) is 24.9. The maximum atomic E-state index is 13.3. The number of nitrogens with zero attached hydrogens (tertiary/aromatic N) is 3. The Morgan fingerprint density at radius 3 is 2.59 bits per heavy atom. The number of carbonyl (C=O) groups is 1. The lowest BCUT2D eigenvalue weighted by Crippen LogP contribution is -2.44. The summed E-state index contributed by atoms with van der Waals surface area (Å²) in [4.78, 5) is 14.3. The molecular weight excluding hydrogens is 538 g/mol. The predicted molar refractivity (Wildman–Crippen MR) is 160 cm³/mol. The first-order chi connectivity index (χ1) is 19.5. The van der Waals surface area contributed by atoms with Gasteiger partial charge in [-0.25, -0.2) is 13.2 Å². The summed E-state index contributed by atoms with van der Waals surface area (Å²) in [6.45, 7) is 8.98. The average molecular weight is 576 g/mol. The number of piperidine rings is 1. The van der Waals surface area contributed by atoms with Crippen LogP contribution in [0, 0.1) is 17.2 Å². The summed E-state index contributed by atoms with van der Waals surface area (Å²) in [5.74, 6) is 0.860. The minimum Gasteiger partial charge on any atom is -0.493 e. The van der Waals surface area contributed by atoms with E-state index >= 15 is 0 Å². The van der Waals surface area contributed by atoms with E-state index in [0.29, 0.717) is 43.1 Å². The number of likely N-dealkylation sites (tertiary alicyclic amines) is 1. The van der Waals surface area contributed by atoms with Crippen LogP contribution in [0.25, 0.3) is 10.8 Å². The van der Waals surface area contributed by atoms with Crippen molar-refractivity contribution in [2.75, 3.05) is 29.8 Å². The van der Waals surface area contributed by atoms with Crippen molar-refractivity contribution in [2.45, 2.75) is 58.6 Å². The molecule has 1 fully saturated rings. The molecule has 2 aliphatic rings. The Labute approximate surface area is 242 Å². The minimum absolute atomic E-state index is 0.0107. The van der Waals surface area contributed by atoms with Gasteiger partial charge < -0.3 is 14.4 Å². The fourth-order valence-electron chi connectivity index (χ4n) is 5.67. The molecule has 0 bridgehead atoms. The summed E-state index contributed by atoms with van der Waals surface area (Å²) in [7, 11) is -3.55. The number of hydrogen-bond donors (Lipinski definition) is 0. The highest BCUT2D eigenvalue weighted by atomic mass is 32.2. The van der Waals surface area contributed by atoms with Crippen LogP contribution in [0.4, 0.5) is 10.5 Å². The van der Waals surface area contributed by atoms with E-state index in [9.17, 15) is 18.5 Å². The number of hydrogen-bond acceptors (Lipinski definition) is 6. The molecule has 216 valence electrons. The van der Waals surface area contributed by atoms with Gasteiger partial charge in [0.2, 0.25) is 10.0 Å². The van der Waals surface area contributed by atoms with E-state index in [-0.39, 0.29) is 23.8 Å². The highest BCUT2D eigenvalue weighted by molar-refractivity contribution is 7.92. The third-order valence-corrected chi connectivity index (χ3v) is 9.46. The van der Waals surface area contributed by atoms with Crippen molar-refractivity contribution in [3.8, 4) is 11.8 Å². The lowest BCUT2D eigenvalue weighted by atomic mass is 9.98. The zero-order valence-electron chi connectivity index (χ0n) is 24.1. The predicted octanol–water partition coefficient (Wildman–Crippen LogP) is 6.19. The molecule has 3 aromatic carbocycles. The number of anilines is 1. The van der Waals surface area contributed by atoms with Crippen LogP contribution >= 0.6 is 0 Å². The van der Waals surface area contributed by atoms with Crippen LogP contribution in [0.1, 0.15) is 63.3 Å². The smallest absolute Gasteiger partial charge is 0.410 e. The van der Waals surface area contributed by atoms with Gasteiger partial charge in [0.15, 0.2) is 0 Å². The molecular formula is C32H37N3O5S. The molecule has 8 nitrogen and oxygen atoms in total. The van der Waals surface area contributed by atoms with Crippen LogP contribution in [0.5, 0.6) is 5.75 Å². The fraction of sp³-hybridized carbons (Fsp3) is 0.438. The molecule has 2 aliphatic heterocycles. The Morgan fingerprint density at radius 2 is 1.85 bits per heavy atom. The number of ether oxygens (including phenoxy) is 2. The minimum atomic E-state index is -3.55. The summed E-state index contributed by atoms with van der Waals surface area (Å²) >= 11 is 0. The Balaban J connectivity index is 1.34. The van der Waals surface area contributed by atoms with Gasteiger partial charge in [-0.05, 0) is 98.8 Å². The number of sulfonamides is 1. The molecule has 0 radical (unpaired) electrons. The third-order valence-electron chi connectivity index (χ3n) is 7.68. The Morgan fingerprint density at radius 1 is 1.07 bits per heavy atom. The van der Waals surface area contributed by atoms with E-state index in [1.54, 1.807) is 22.2 Å². The van der Waals surface area contributed by atoms with Crippen molar-refractivity contribution in [3.05, 3.63) is 71.3 Å². The number of benzene rings is 3. The van der Waals surface area contributed by atoms with Crippen molar-refractivity contribution >= 4 is 32.6 Å². The Hall–Kier alpha value is -3.77. The van der Waals surface area contributed by atoms with Crippen LogP contribution in [0.15, 0.2) is 54.6 Å². The summed E-state index contributed by atoms with van der Waals surface area (Å²) < 4.78 is 39.9. The largest absolute Gasteiger partial charge is 0.493 e. The van der Waals surface area contributed by atoms with Gasteiger partial charge in [0.1, 0.15) is 11.4 Å². The van der Waals surface area contributed by atoms with Crippen molar-refractivity contribution in [1.29, 1.82) is 5.26 Å². The summed E-state index contributed by atoms with van der Waals surface area (Å²) in [5.41, 5.74) is 2.50. The Kier molecular flexibility index (Phi) is 7.89. The molecule has 2 unspecified atom stereocenters. The van der Waals surface area contributed by atoms with E-state index < -0.39 is 15.6 Å². The first-order valence-electron chi connectivity index (χ1n) is 14.2. The van der Waals surface area contributed by atoms with Crippen molar-refractivity contribution in [2.24, 2.45) is 5.92 Å². The van der Waals surface area contributed by atoms with Crippen LogP contribution in [0.2, 0.25) is 0 Å². The van der Waals surface area contributed by atoms with Gasteiger partial charge in [0.25, 0.3) is 0 Å². The lowest BCUT2D eigenvalue weighted by molar-refractivity contribution is 0.0139. The highest BCUT2D eigenvalue weighted by Gasteiger charge is 2.38. The van der Waals surface area contributed by atoms with Crippen LogP contribution in [-0.4, -0.2) is 50.5 Å². The summed E-state index contributed by atoms with van der Waals surface area (Å²) in [6, 6.07) is 18.9. The van der Waals surface area contributed by atoms with Crippen molar-refractivity contribution in [1.82, 2.24) is 4.90 Å². The van der Waals surface area contributed by atoms with E-state index in [1.165, 1.54) is 0 Å². The normalized spacial score (nSPS) is 19.1. The van der Waals surface area contributed by atoms with Crippen LogP contribution < -0.4 is 9.04 Å². The first kappa shape index (κ1) is 28.7. The number of nitriles is 1. The second-order valence-electron chi connectivity index (χ2n) is 11.9. The standard InChI is InChI=1S/C32H37N3O5S/c1-5-41(37,38)35-29-13-12-28(39-21-23-7-6-14-34(20-23)31(36)40-32(2,3)4)17-27(29)18-30(35)25-11-10-24-9-8-22(19-33)15-26(24)16-25/h8-13,15-17,23,30H,5-7,14,18,20-21H2,1-4H3. The molecule has 0 N–H and O–H groups in total. The molecule has 9 heteroatoms. The SMILES string of the molecule is CCS(=O)(=O)N1c2ccc(OCC3CCCN(C(=O)OC(C)(C)C)C3)cc2CC1c1ccc2ccc(C#N)cc2c1. The summed E-state index contributed by atoms with van der Waals surface area (Å²) in [5, 5.41) is 11.2. The van der Waals surface area contributed by atoms with Gasteiger partial charge in [-0.2, -0.15) is 5.26 Å². The number of rotatable bonds is 6. The first-order valence-corrected chi connectivity index (χ1v) is 15.8. The quantitative estimate of drug-likeness (QED) is 0.347. The topological polar surface area (TPSA) is 99.9 Å². The number of amides is 1. The number of fused-ring (bicyclic) bond motifs is 2. The van der Waals surface area contributed by atoms with Gasteiger partial charge in [0, 0.05) is 25.4 Å². The molecule has 1 amide bonds. The monoisotopic (exact) mass is 575 g/mol. The molecule has 3 aromatic rings. The second kappa shape index (κ2) is 11.2. The van der Waals surface area contributed by atoms with E-state index in [1.807, 2.05) is 69.3 Å². The van der Waals surface area contributed by atoms with Gasteiger partial charge in [-0.3, -0.25) is 4.31 Å². The van der Waals surface area contributed by atoms with Crippen molar-refractivity contribution in [3.63, 3.8) is 0 Å². The van der Waals surface area contributed by atoms with Crippen LogP contribution in [-0.2, 0) is 21.2 Å². The van der Waals surface area contributed by atoms with Gasteiger partial charge in [-0.1, -0.05) is 18.2 Å². The van der Waals surface area contributed by atoms with E-state index in [4.69, 9.17) is 9.47 Å². The number of carbonyl (C=O) groups excluding carboxylic acids is 1. The molecule has 0 spiro atoms. The maximum absolute atomic E-state index is 13.3. The van der Waals surface area contributed by atoms with Crippen molar-refractivity contribution < 1.29 is 22.7 Å². The molecule has 41 heavy (non-hydrogen) atoms. The molecule has 1 saturated heterocycles. The van der Waals surface area contributed by atoms with Crippen LogP contribution in [0.3, 0.4) is 0 Å². The Bertz CT molecular complexity index is 1610. The second-order valence-corrected chi connectivity index (χ2v) is 14.0.